The van der Waals surface area contributed by atoms with E-state index in [1.165, 1.54) is 0 Å². The zero-order valence-corrected chi connectivity index (χ0v) is 6.06. The molecule has 2 fully saturated rings. The summed E-state index contributed by atoms with van der Waals surface area (Å²) in [6, 6.07) is 0. The second-order valence-corrected chi connectivity index (χ2v) is 2.80. The molecule has 0 N–H and O–H groups in total. The van der Waals surface area contributed by atoms with Crippen LogP contribution in [-0.4, -0.2) is 32.1 Å². The van der Waals surface area contributed by atoms with Gasteiger partial charge in [-0.1, -0.05) is 0 Å². The van der Waals surface area contributed by atoms with Crippen LogP contribution < -0.4 is 0 Å². The SMILES string of the molecule is O=CO[C@H]1CO[C@H]2OCC[C@H]21. The summed E-state index contributed by atoms with van der Waals surface area (Å²) in [5.41, 5.74) is 0. The molecule has 0 aromatic rings. The van der Waals surface area contributed by atoms with Crippen molar-refractivity contribution in [2.24, 2.45) is 5.92 Å². The number of carbonyl (C=O) groups excluding carboxylic acids is 1. The van der Waals surface area contributed by atoms with E-state index in [0.29, 0.717) is 19.7 Å². The van der Waals surface area contributed by atoms with E-state index in [-0.39, 0.29) is 18.3 Å². The molecule has 4 heteroatoms. The lowest BCUT2D eigenvalue weighted by Gasteiger charge is -2.11. The van der Waals surface area contributed by atoms with Gasteiger partial charge in [-0.15, -0.1) is 0 Å². The van der Waals surface area contributed by atoms with Crippen molar-refractivity contribution in [3.8, 4) is 0 Å². The average Bonchev–Trinajstić information content (AvgIpc) is 2.53. The number of carbonyl (C=O) groups is 1. The van der Waals surface area contributed by atoms with Gasteiger partial charge in [0.2, 0.25) is 0 Å². The molecule has 11 heavy (non-hydrogen) atoms. The zero-order chi connectivity index (χ0) is 7.68. The Bertz CT molecular complexity index is 159. The van der Waals surface area contributed by atoms with Crippen LogP contribution in [0.2, 0.25) is 0 Å². The van der Waals surface area contributed by atoms with Gasteiger partial charge >= 0.3 is 0 Å². The van der Waals surface area contributed by atoms with Crippen molar-refractivity contribution in [1.82, 2.24) is 0 Å². The Morgan fingerprint density at radius 3 is 3.18 bits per heavy atom. The highest BCUT2D eigenvalue weighted by Gasteiger charge is 2.42. The number of hydrogen-bond acceptors (Lipinski definition) is 4. The van der Waals surface area contributed by atoms with Crippen molar-refractivity contribution < 1.29 is 19.0 Å². The van der Waals surface area contributed by atoms with Gasteiger partial charge in [0.05, 0.1) is 19.1 Å². The fourth-order valence-corrected chi connectivity index (χ4v) is 1.64. The number of rotatable bonds is 2. The van der Waals surface area contributed by atoms with Gasteiger partial charge < -0.3 is 14.2 Å². The highest BCUT2D eigenvalue weighted by Crippen LogP contribution is 2.32. The van der Waals surface area contributed by atoms with E-state index in [0.717, 1.165) is 6.42 Å². The first-order valence-corrected chi connectivity index (χ1v) is 3.74. The molecule has 3 atom stereocenters. The Labute approximate surface area is 64.4 Å². The molecule has 2 heterocycles. The van der Waals surface area contributed by atoms with E-state index >= 15 is 0 Å². The average molecular weight is 158 g/mol. The summed E-state index contributed by atoms with van der Waals surface area (Å²) >= 11 is 0. The fraction of sp³-hybridized carbons (Fsp3) is 0.857. The molecule has 4 nitrogen and oxygen atoms in total. The van der Waals surface area contributed by atoms with Gasteiger partial charge in [-0.25, -0.2) is 0 Å². The molecule has 0 bridgehead atoms. The van der Waals surface area contributed by atoms with E-state index in [2.05, 4.69) is 0 Å². The van der Waals surface area contributed by atoms with E-state index in [1.807, 2.05) is 0 Å². The van der Waals surface area contributed by atoms with Crippen LogP contribution in [0.4, 0.5) is 0 Å². The van der Waals surface area contributed by atoms with Crippen molar-refractivity contribution in [1.29, 1.82) is 0 Å². The Balaban J connectivity index is 1.97. The molecular weight excluding hydrogens is 148 g/mol. The van der Waals surface area contributed by atoms with Gasteiger partial charge in [0, 0.05) is 0 Å². The second-order valence-electron chi connectivity index (χ2n) is 2.80. The number of fused-ring (bicyclic) bond motifs is 1. The molecule has 0 aromatic heterocycles. The molecule has 0 radical (unpaired) electrons. The largest absolute Gasteiger partial charge is 0.462 e. The predicted octanol–water partition coefficient (Wildman–Crippen LogP) is -0.0792. The Hall–Kier alpha value is -0.610. The van der Waals surface area contributed by atoms with Crippen LogP contribution in [0.5, 0.6) is 0 Å². The third-order valence-corrected chi connectivity index (χ3v) is 2.22. The topological polar surface area (TPSA) is 44.8 Å². The van der Waals surface area contributed by atoms with Crippen LogP contribution in [0.1, 0.15) is 6.42 Å². The molecule has 0 amide bonds. The van der Waals surface area contributed by atoms with Crippen molar-refractivity contribution >= 4 is 6.47 Å². The summed E-state index contributed by atoms with van der Waals surface area (Å²) in [7, 11) is 0. The van der Waals surface area contributed by atoms with Gasteiger partial charge in [-0.2, -0.15) is 0 Å². The third kappa shape index (κ3) is 1.12. The lowest BCUT2D eigenvalue weighted by molar-refractivity contribution is -0.135. The summed E-state index contributed by atoms with van der Waals surface area (Å²) < 4.78 is 15.3. The fourth-order valence-electron chi connectivity index (χ4n) is 1.64. The highest BCUT2D eigenvalue weighted by molar-refractivity contribution is 5.37. The van der Waals surface area contributed by atoms with Crippen LogP contribution in [0, 0.1) is 5.92 Å². The first-order chi connectivity index (χ1) is 5.42. The van der Waals surface area contributed by atoms with Crippen LogP contribution in [0.15, 0.2) is 0 Å². The molecule has 0 unspecified atom stereocenters. The molecule has 2 aliphatic rings. The molecule has 2 saturated heterocycles. The monoisotopic (exact) mass is 158 g/mol. The van der Waals surface area contributed by atoms with Crippen molar-refractivity contribution in [3.63, 3.8) is 0 Å². The summed E-state index contributed by atoms with van der Waals surface area (Å²) in [5.74, 6) is 0.264. The standard InChI is InChI=1S/C7H10O4/c8-4-11-6-3-10-7-5(6)1-2-9-7/h4-7H,1-3H2/t5-,6-,7+/m0/s1. The Morgan fingerprint density at radius 2 is 2.36 bits per heavy atom. The molecule has 2 rings (SSSR count). The Kier molecular flexibility index (Phi) is 1.79. The first kappa shape index (κ1) is 7.06. The normalized spacial score (nSPS) is 42.0. The van der Waals surface area contributed by atoms with E-state index < -0.39 is 0 Å². The summed E-state index contributed by atoms with van der Waals surface area (Å²) in [4.78, 5) is 10.0. The summed E-state index contributed by atoms with van der Waals surface area (Å²) in [6.07, 6.45) is 0.725. The number of hydrogen-bond donors (Lipinski definition) is 0. The smallest absolute Gasteiger partial charge is 0.293 e. The maximum atomic E-state index is 10.0. The minimum absolute atomic E-state index is 0.0833. The van der Waals surface area contributed by atoms with Crippen LogP contribution in [0.3, 0.4) is 0 Å². The number of ether oxygens (including phenoxy) is 3. The molecule has 2 aliphatic heterocycles. The van der Waals surface area contributed by atoms with E-state index in [9.17, 15) is 4.79 Å². The van der Waals surface area contributed by atoms with Crippen LogP contribution in [0.25, 0.3) is 0 Å². The van der Waals surface area contributed by atoms with Gasteiger partial charge in [-0.05, 0) is 6.42 Å². The van der Waals surface area contributed by atoms with E-state index in [4.69, 9.17) is 14.2 Å². The first-order valence-electron chi connectivity index (χ1n) is 3.74. The lowest BCUT2D eigenvalue weighted by atomic mass is 10.0. The highest BCUT2D eigenvalue weighted by atomic mass is 16.7. The minimum Gasteiger partial charge on any atom is -0.462 e. The predicted molar refractivity (Wildman–Crippen MR) is 34.7 cm³/mol. The summed E-state index contributed by atoms with van der Waals surface area (Å²) in [5, 5.41) is 0. The zero-order valence-electron chi connectivity index (χ0n) is 6.06. The minimum atomic E-state index is -0.125. The quantitative estimate of drug-likeness (QED) is 0.527. The van der Waals surface area contributed by atoms with Gasteiger partial charge in [-0.3, -0.25) is 4.79 Å². The van der Waals surface area contributed by atoms with Crippen molar-refractivity contribution in [3.05, 3.63) is 0 Å². The Morgan fingerprint density at radius 1 is 1.45 bits per heavy atom. The molecular formula is C7H10O4. The van der Waals surface area contributed by atoms with Gasteiger partial charge in [0.25, 0.3) is 6.47 Å². The summed E-state index contributed by atoms with van der Waals surface area (Å²) in [6.45, 7) is 1.68. The van der Waals surface area contributed by atoms with Crippen LogP contribution >= 0.6 is 0 Å². The third-order valence-electron chi connectivity index (χ3n) is 2.22. The molecule has 62 valence electrons. The van der Waals surface area contributed by atoms with E-state index in [1.54, 1.807) is 0 Å². The van der Waals surface area contributed by atoms with Crippen LogP contribution in [-0.2, 0) is 19.0 Å². The molecule has 0 spiro atoms. The molecule has 0 aromatic carbocycles. The van der Waals surface area contributed by atoms with Gasteiger partial charge in [0.15, 0.2) is 6.29 Å². The maximum absolute atomic E-state index is 10.0. The molecule has 0 aliphatic carbocycles. The molecule has 0 saturated carbocycles. The van der Waals surface area contributed by atoms with Gasteiger partial charge in [0.1, 0.15) is 6.10 Å². The van der Waals surface area contributed by atoms with Crippen molar-refractivity contribution in [2.75, 3.05) is 13.2 Å². The lowest BCUT2D eigenvalue weighted by Crippen LogP contribution is -2.22. The van der Waals surface area contributed by atoms with Crippen molar-refractivity contribution in [2.45, 2.75) is 18.8 Å². The second kappa shape index (κ2) is 2.79. The maximum Gasteiger partial charge on any atom is 0.293 e.